The summed E-state index contributed by atoms with van der Waals surface area (Å²) in [7, 11) is 0. The van der Waals surface area contributed by atoms with E-state index in [1.165, 1.54) is 0 Å². The highest BCUT2D eigenvalue weighted by molar-refractivity contribution is 5.32. The van der Waals surface area contributed by atoms with Crippen molar-refractivity contribution in [3.05, 3.63) is 23.7 Å². The van der Waals surface area contributed by atoms with Crippen LogP contribution in [-0.2, 0) is 0 Å². The average Bonchev–Trinajstić information content (AvgIpc) is 2.34. The van der Waals surface area contributed by atoms with Crippen molar-refractivity contribution in [2.24, 2.45) is 0 Å². The van der Waals surface area contributed by atoms with E-state index in [-0.39, 0.29) is 0 Å². The van der Waals surface area contributed by atoms with Gasteiger partial charge >= 0.3 is 0 Å². The monoisotopic (exact) mass is 135 g/mol. The summed E-state index contributed by atoms with van der Waals surface area (Å²) in [6, 6.07) is 2.06. The molecule has 0 aromatic carbocycles. The van der Waals surface area contributed by atoms with Gasteiger partial charge in [0.05, 0.1) is 6.04 Å². The van der Waals surface area contributed by atoms with Crippen LogP contribution in [-0.4, -0.2) is 9.78 Å². The molecule has 3 nitrogen and oxygen atoms in total. The molecule has 0 spiro atoms. The molecule has 0 saturated carbocycles. The molecule has 52 valence electrons. The maximum atomic E-state index is 6.65. The molecule has 0 radical (unpaired) electrons. The Morgan fingerprint density at radius 3 is 2.70 bits per heavy atom. The van der Waals surface area contributed by atoms with Crippen LogP contribution in [0.2, 0.25) is 0 Å². The minimum absolute atomic E-state index is 0.343. The molecule has 0 saturated heterocycles. The largest absolute Gasteiger partial charge is 0.359 e. The van der Waals surface area contributed by atoms with E-state index in [0.717, 1.165) is 0 Å². The van der Waals surface area contributed by atoms with E-state index in [2.05, 4.69) is 9.94 Å². The summed E-state index contributed by atoms with van der Waals surface area (Å²) in [5.74, 6) is 0.466. The summed E-state index contributed by atoms with van der Waals surface area (Å²) < 4.78 is 1.77. The molecule has 1 aromatic heterocycles. The van der Waals surface area contributed by atoms with E-state index in [9.17, 15) is 0 Å². The summed E-state index contributed by atoms with van der Waals surface area (Å²) in [5.41, 5.74) is 0. The number of hydrogen-bond acceptors (Lipinski definition) is 1. The molecule has 0 atom stereocenters. The Labute approximate surface area is 60.1 Å². The molecule has 1 rings (SSSR count). The third-order valence-corrected chi connectivity index (χ3v) is 1.24. The number of hydrogen-bond donors (Lipinski definition) is 0. The molecule has 10 heavy (non-hydrogen) atoms. The van der Waals surface area contributed by atoms with E-state index in [0.29, 0.717) is 11.9 Å². The van der Waals surface area contributed by atoms with Crippen LogP contribution >= 0.6 is 0 Å². The molecule has 0 amide bonds. The molecule has 0 fully saturated rings. The summed E-state index contributed by atoms with van der Waals surface area (Å²) in [4.78, 5) is 3.19. The normalized spacial score (nSPS) is 9.80. The van der Waals surface area contributed by atoms with Crippen molar-refractivity contribution in [3.8, 4) is 0 Å². The van der Waals surface area contributed by atoms with Gasteiger partial charge in [-0.2, -0.15) is 4.68 Å². The molecule has 0 bridgehead atoms. The van der Waals surface area contributed by atoms with Crippen molar-refractivity contribution in [1.82, 2.24) is 9.78 Å². The van der Waals surface area contributed by atoms with Gasteiger partial charge in [0.1, 0.15) is 0 Å². The fraction of sp³-hybridized carbons (Fsp3) is 0.429. The van der Waals surface area contributed by atoms with Gasteiger partial charge < -0.3 is 4.85 Å². The zero-order valence-electron chi connectivity index (χ0n) is 6.07. The standard InChI is InChI=1S/C7H9N3/c1-6(2)10-5-4-7(8-3)9-10/h4-6H,1-2H3. The van der Waals surface area contributed by atoms with Gasteiger partial charge in [0, 0.05) is 6.20 Å². The first kappa shape index (κ1) is 6.81. The predicted octanol–water partition coefficient (Wildman–Crippen LogP) is 2.01. The molecule has 1 heterocycles. The van der Waals surface area contributed by atoms with E-state index < -0.39 is 0 Å². The van der Waals surface area contributed by atoms with Gasteiger partial charge in [-0.05, 0) is 25.0 Å². The van der Waals surface area contributed by atoms with Gasteiger partial charge in [0.2, 0.25) is 0 Å². The second-order valence-corrected chi connectivity index (χ2v) is 2.36. The van der Waals surface area contributed by atoms with E-state index in [1.807, 2.05) is 20.0 Å². The highest BCUT2D eigenvalue weighted by Crippen LogP contribution is 2.09. The Hall–Kier alpha value is -1.30. The molecule has 0 unspecified atom stereocenters. The zero-order valence-corrected chi connectivity index (χ0v) is 6.07. The van der Waals surface area contributed by atoms with Crippen molar-refractivity contribution in [2.45, 2.75) is 19.9 Å². The number of rotatable bonds is 1. The lowest BCUT2D eigenvalue weighted by molar-refractivity contribution is 0.535. The van der Waals surface area contributed by atoms with Crippen LogP contribution in [0.15, 0.2) is 12.3 Å². The van der Waals surface area contributed by atoms with Gasteiger partial charge in [0.25, 0.3) is 5.82 Å². The minimum Gasteiger partial charge on any atom is -0.359 e. The van der Waals surface area contributed by atoms with Gasteiger partial charge in [-0.3, -0.25) is 0 Å². The lowest BCUT2D eigenvalue weighted by Crippen LogP contribution is -1.99. The van der Waals surface area contributed by atoms with E-state index in [4.69, 9.17) is 6.57 Å². The third-order valence-electron chi connectivity index (χ3n) is 1.24. The van der Waals surface area contributed by atoms with E-state index >= 15 is 0 Å². The zero-order chi connectivity index (χ0) is 7.56. The molecule has 3 heteroatoms. The third kappa shape index (κ3) is 1.16. The highest BCUT2D eigenvalue weighted by Gasteiger charge is 2.02. The van der Waals surface area contributed by atoms with Gasteiger partial charge in [0.15, 0.2) is 0 Å². The lowest BCUT2D eigenvalue weighted by atomic mass is 10.4. The van der Waals surface area contributed by atoms with Crippen molar-refractivity contribution >= 4 is 5.82 Å². The molecular formula is C7H9N3. The summed E-state index contributed by atoms with van der Waals surface area (Å²) in [6.45, 7) is 10.7. The second-order valence-electron chi connectivity index (χ2n) is 2.36. The molecule has 0 aliphatic rings. The van der Waals surface area contributed by atoms with Crippen molar-refractivity contribution in [3.63, 3.8) is 0 Å². The van der Waals surface area contributed by atoms with E-state index in [1.54, 1.807) is 10.7 Å². The smallest absolute Gasteiger partial charge is 0.295 e. The van der Waals surface area contributed by atoms with Gasteiger partial charge in [-0.25, -0.2) is 0 Å². The predicted molar refractivity (Wildman–Crippen MR) is 38.9 cm³/mol. The van der Waals surface area contributed by atoms with Crippen LogP contribution in [0.25, 0.3) is 4.85 Å². The average molecular weight is 135 g/mol. The SMILES string of the molecule is [C-]#[N+]c1ccn(C(C)C)n1. The molecule has 0 aliphatic heterocycles. The summed E-state index contributed by atoms with van der Waals surface area (Å²) in [6.07, 6.45) is 1.82. The lowest BCUT2D eigenvalue weighted by Gasteiger charge is -1.97. The van der Waals surface area contributed by atoms with Crippen molar-refractivity contribution in [2.75, 3.05) is 0 Å². The molecule has 1 aromatic rings. The number of aromatic nitrogens is 2. The quantitative estimate of drug-likeness (QED) is 0.540. The minimum atomic E-state index is 0.343. The Balaban J connectivity index is 2.91. The highest BCUT2D eigenvalue weighted by atomic mass is 15.3. The Morgan fingerprint density at radius 2 is 2.40 bits per heavy atom. The number of nitrogens with zero attached hydrogens (tertiary/aromatic N) is 3. The van der Waals surface area contributed by atoms with Crippen molar-refractivity contribution in [1.29, 1.82) is 0 Å². The first-order chi connectivity index (χ1) is 4.74. The topological polar surface area (TPSA) is 22.2 Å². The van der Waals surface area contributed by atoms with Crippen LogP contribution in [0, 0.1) is 6.57 Å². The Kier molecular flexibility index (Phi) is 1.72. The van der Waals surface area contributed by atoms with Crippen LogP contribution in [0.3, 0.4) is 0 Å². The Morgan fingerprint density at radius 1 is 1.70 bits per heavy atom. The first-order valence-electron chi connectivity index (χ1n) is 3.16. The van der Waals surface area contributed by atoms with Crippen LogP contribution in [0.5, 0.6) is 0 Å². The Bertz CT molecular complexity index is 254. The van der Waals surface area contributed by atoms with Gasteiger partial charge in [-0.1, -0.05) is 6.57 Å². The van der Waals surface area contributed by atoms with Crippen molar-refractivity contribution < 1.29 is 0 Å². The molecule has 0 N–H and O–H groups in total. The summed E-state index contributed by atoms with van der Waals surface area (Å²) >= 11 is 0. The fourth-order valence-corrected chi connectivity index (χ4v) is 0.675. The second kappa shape index (κ2) is 2.53. The first-order valence-corrected chi connectivity index (χ1v) is 3.16. The van der Waals surface area contributed by atoms with Gasteiger partial charge in [-0.15, -0.1) is 0 Å². The maximum absolute atomic E-state index is 6.65. The molecular weight excluding hydrogens is 126 g/mol. The molecule has 0 aliphatic carbocycles. The fourth-order valence-electron chi connectivity index (χ4n) is 0.675. The maximum Gasteiger partial charge on any atom is 0.295 e. The van der Waals surface area contributed by atoms with Crippen LogP contribution < -0.4 is 0 Å². The summed E-state index contributed by atoms with van der Waals surface area (Å²) in [5, 5.41) is 3.99. The van der Waals surface area contributed by atoms with Crippen LogP contribution in [0.1, 0.15) is 19.9 Å². The van der Waals surface area contributed by atoms with Crippen LogP contribution in [0.4, 0.5) is 5.82 Å².